The van der Waals surface area contributed by atoms with Crippen molar-refractivity contribution in [3.8, 4) is 0 Å². The van der Waals surface area contributed by atoms with Gasteiger partial charge in [-0.3, -0.25) is 19.4 Å². The van der Waals surface area contributed by atoms with Crippen LogP contribution >= 0.6 is 0 Å². The summed E-state index contributed by atoms with van der Waals surface area (Å²) in [6, 6.07) is 0. The molecule has 1 amide bonds. The summed E-state index contributed by atoms with van der Waals surface area (Å²) in [5.74, 6) is -1.01. The average molecular weight is 187 g/mol. The van der Waals surface area contributed by atoms with Gasteiger partial charge in [-0.2, -0.15) is 4.39 Å². The van der Waals surface area contributed by atoms with E-state index in [9.17, 15) is 14.0 Å². The van der Waals surface area contributed by atoms with E-state index in [1.807, 2.05) is 0 Å². The first kappa shape index (κ1) is 9.50. The van der Waals surface area contributed by atoms with Crippen molar-refractivity contribution in [3.63, 3.8) is 0 Å². The van der Waals surface area contributed by atoms with Gasteiger partial charge in [-0.25, -0.2) is 0 Å². The zero-order valence-electron chi connectivity index (χ0n) is 7.35. The SMILES string of the molecule is CC(=O)NCc1c(F)[nH]n(C)c1=O. The molecule has 0 atom stereocenters. The molecular formula is C7H10FN3O2. The molecule has 1 aromatic rings. The molecule has 0 spiro atoms. The van der Waals surface area contributed by atoms with E-state index in [1.54, 1.807) is 0 Å². The smallest absolute Gasteiger partial charge is 0.274 e. The first-order chi connectivity index (χ1) is 6.02. The number of halogens is 1. The number of carbonyl (C=O) groups is 1. The average Bonchev–Trinajstić information content (AvgIpc) is 2.24. The van der Waals surface area contributed by atoms with Crippen LogP contribution < -0.4 is 10.9 Å². The van der Waals surface area contributed by atoms with Gasteiger partial charge in [-0.1, -0.05) is 0 Å². The number of nitrogens with one attached hydrogen (secondary N) is 2. The van der Waals surface area contributed by atoms with Crippen LogP contribution in [-0.2, 0) is 18.4 Å². The van der Waals surface area contributed by atoms with Crippen molar-refractivity contribution in [3.05, 3.63) is 21.9 Å². The fourth-order valence-corrected chi connectivity index (χ4v) is 0.928. The number of amides is 1. The maximum Gasteiger partial charge on any atom is 0.274 e. The summed E-state index contributed by atoms with van der Waals surface area (Å²) in [5.41, 5.74) is -0.524. The van der Waals surface area contributed by atoms with Gasteiger partial charge < -0.3 is 5.32 Å². The molecule has 72 valence electrons. The fraction of sp³-hybridized carbons (Fsp3) is 0.429. The van der Waals surface area contributed by atoms with Gasteiger partial charge in [-0.15, -0.1) is 0 Å². The number of carbonyl (C=O) groups excluding carboxylic acids is 1. The Bertz CT molecular complexity index is 380. The largest absolute Gasteiger partial charge is 0.352 e. The van der Waals surface area contributed by atoms with Gasteiger partial charge in [0.25, 0.3) is 5.56 Å². The highest BCUT2D eigenvalue weighted by molar-refractivity contribution is 5.72. The lowest BCUT2D eigenvalue weighted by Gasteiger charge is -1.96. The molecule has 0 aromatic carbocycles. The van der Waals surface area contributed by atoms with Gasteiger partial charge in [-0.05, 0) is 0 Å². The second-order valence-electron chi connectivity index (χ2n) is 2.68. The van der Waals surface area contributed by atoms with Crippen LogP contribution in [0.5, 0.6) is 0 Å². The van der Waals surface area contributed by atoms with Gasteiger partial charge in [0, 0.05) is 14.0 Å². The lowest BCUT2D eigenvalue weighted by molar-refractivity contribution is -0.119. The van der Waals surface area contributed by atoms with E-state index in [0.717, 1.165) is 4.68 Å². The predicted octanol–water partition coefficient (Wildman–Crippen LogP) is -0.511. The molecule has 13 heavy (non-hydrogen) atoms. The van der Waals surface area contributed by atoms with Crippen LogP contribution in [0.4, 0.5) is 4.39 Å². The van der Waals surface area contributed by atoms with E-state index in [4.69, 9.17) is 0 Å². The monoisotopic (exact) mass is 187 g/mol. The number of rotatable bonds is 2. The molecule has 0 unspecified atom stereocenters. The summed E-state index contributed by atoms with van der Waals surface area (Å²) in [5, 5.41) is 4.53. The van der Waals surface area contributed by atoms with Crippen molar-refractivity contribution in [2.45, 2.75) is 13.5 Å². The van der Waals surface area contributed by atoms with Crippen molar-refractivity contribution in [1.82, 2.24) is 15.1 Å². The zero-order valence-corrected chi connectivity index (χ0v) is 7.35. The summed E-state index contributed by atoms with van der Waals surface area (Å²) in [6.07, 6.45) is 0. The fourth-order valence-electron chi connectivity index (χ4n) is 0.928. The number of nitrogens with zero attached hydrogens (tertiary/aromatic N) is 1. The topological polar surface area (TPSA) is 66.9 Å². The third-order valence-electron chi connectivity index (χ3n) is 1.61. The Morgan fingerprint density at radius 3 is 2.69 bits per heavy atom. The molecular weight excluding hydrogens is 177 g/mol. The third-order valence-corrected chi connectivity index (χ3v) is 1.61. The number of aryl methyl sites for hydroxylation is 1. The van der Waals surface area contributed by atoms with Crippen molar-refractivity contribution in [2.24, 2.45) is 7.05 Å². The summed E-state index contributed by atoms with van der Waals surface area (Å²) in [6.45, 7) is 1.21. The Morgan fingerprint density at radius 1 is 1.69 bits per heavy atom. The molecule has 1 rings (SSSR count). The standard InChI is InChI=1S/C7H10FN3O2/c1-4(12)9-3-5-6(8)10-11(2)7(5)13/h10H,3H2,1-2H3,(H,9,12). The minimum atomic E-state index is -0.707. The molecule has 2 N–H and O–H groups in total. The van der Waals surface area contributed by atoms with Crippen LogP contribution in [0, 0.1) is 5.95 Å². The van der Waals surface area contributed by atoms with E-state index in [2.05, 4.69) is 10.4 Å². The molecule has 0 radical (unpaired) electrons. The Labute approximate surface area is 73.5 Å². The molecule has 0 fully saturated rings. The van der Waals surface area contributed by atoms with Crippen LogP contribution in [0.25, 0.3) is 0 Å². The first-order valence-electron chi connectivity index (χ1n) is 3.70. The second kappa shape index (κ2) is 3.42. The number of aromatic amines is 1. The lowest BCUT2D eigenvalue weighted by Crippen LogP contribution is -2.24. The normalized spacial score (nSPS) is 10.1. The van der Waals surface area contributed by atoms with Crippen LogP contribution in [0.1, 0.15) is 12.5 Å². The summed E-state index contributed by atoms with van der Waals surface area (Å²) >= 11 is 0. The van der Waals surface area contributed by atoms with E-state index in [0.29, 0.717) is 0 Å². The van der Waals surface area contributed by atoms with Gasteiger partial charge in [0.2, 0.25) is 11.9 Å². The Kier molecular flexibility index (Phi) is 2.50. The minimum Gasteiger partial charge on any atom is -0.352 e. The predicted molar refractivity (Wildman–Crippen MR) is 43.5 cm³/mol. The van der Waals surface area contributed by atoms with Gasteiger partial charge in [0.1, 0.15) is 0 Å². The highest BCUT2D eigenvalue weighted by Crippen LogP contribution is 1.96. The molecule has 0 aliphatic heterocycles. The molecule has 0 aliphatic carbocycles. The highest BCUT2D eigenvalue weighted by Gasteiger charge is 2.11. The molecule has 1 heterocycles. The van der Waals surface area contributed by atoms with Crippen molar-refractivity contribution in [1.29, 1.82) is 0 Å². The van der Waals surface area contributed by atoms with Crippen LogP contribution in [-0.4, -0.2) is 15.7 Å². The lowest BCUT2D eigenvalue weighted by atomic mass is 10.3. The molecule has 0 saturated carbocycles. The maximum absolute atomic E-state index is 12.9. The Balaban J connectivity index is 2.88. The zero-order chi connectivity index (χ0) is 10.0. The van der Waals surface area contributed by atoms with Gasteiger partial charge >= 0.3 is 0 Å². The van der Waals surface area contributed by atoms with E-state index in [-0.39, 0.29) is 18.0 Å². The highest BCUT2D eigenvalue weighted by atomic mass is 19.1. The summed E-state index contributed by atoms with van der Waals surface area (Å²) in [7, 11) is 1.41. The summed E-state index contributed by atoms with van der Waals surface area (Å²) < 4.78 is 13.9. The van der Waals surface area contributed by atoms with Crippen LogP contribution in [0.2, 0.25) is 0 Å². The Morgan fingerprint density at radius 2 is 2.31 bits per heavy atom. The molecule has 0 saturated heterocycles. The van der Waals surface area contributed by atoms with Crippen molar-refractivity contribution >= 4 is 5.91 Å². The summed E-state index contributed by atoms with van der Waals surface area (Å²) in [4.78, 5) is 21.6. The van der Waals surface area contributed by atoms with E-state index < -0.39 is 11.5 Å². The third kappa shape index (κ3) is 1.95. The number of H-pyrrole nitrogens is 1. The molecule has 5 nitrogen and oxygen atoms in total. The molecule has 1 aromatic heterocycles. The Hall–Kier alpha value is -1.59. The number of hydrogen-bond donors (Lipinski definition) is 2. The van der Waals surface area contributed by atoms with Crippen molar-refractivity contribution in [2.75, 3.05) is 0 Å². The minimum absolute atomic E-state index is 0.0577. The second-order valence-corrected chi connectivity index (χ2v) is 2.68. The molecule has 6 heteroatoms. The van der Waals surface area contributed by atoms with E-state index >= 15 is 0 Å². The number of hydrogen-bond acceptors (Lipinski definition) is 2. The van der Waals surface area contributed by atoms with Crippen LogP contribution in [0.3, 0.4) is 0 Å². The van der Waals surface area contributed by atoms with Gasteiger partial charge in [0.05, 0.1) is 12.1 Å². The molecule has 0 bridgehead atoms. The number of aromatic nitrogens is 2. The maximum atomic E-state index is 12.9. The van der Waals surface area contributed by atoms with Gasteiger partial charge in [0.15, 0.2) is 0 Å². The first-order valence-corrected chi connectivity index (χ1v) is 3.70. The van der Waals surface area contributed by atoms with Crippen LogP contribution in [0.15, 0.2) is 4.79 Å². The quantitative estimate of drug-likeness (QED) is 0.654. The molecule has 0 aliphatic rings. The van der Waals surface area contributed by atoms with E-state index in [1.165, 1.54) is 14.0 Å². The van der Waals surface area contributed by atoms with Crippen molar-refractivity contribution < 1.29 is 9.18 Å².